The zero-order chi connectivity index (χ0) is 15.4. The first-order valence-electron chi connectivity index (χ1n) is 7.26. The van der Waals surface area contributed by atoms with Gasteiger partial charge in [-0.2, -0.15) is 0 Å². The number of rotatable bonds is 4. The monoisotopic (exact) mass is 291 g/mol. The summed E-state index contributed by atoms with van der Waals surface area (Å²) in [7, 11) is 0. The fraction of sp³-hybridized carbons (Fsp3) is 0.500. The largest absolute Gasteiger partial charge is 0.491 e. The van der Waals surface area contributed by atoms with Crippen LogP contribution in [0.25, 0.3) is 0 Å². The Morgan fingerprint density at radius 3 is 2.52 bits per heavy atom. The molecule has 1 aliphatic heterocycles. The molecule has 2 rings (SSSR count). The number of ether oxygens (including phenoxy) is 1. The lowest BCUT2D eigenvalue weighted by molar-refractivity contribution is -0.143. The smallest absolute Gasteiger partial charge is 0.308 e. The van der Waals surface area contributed by atoms with Gasteiger partial charge in [0.25, 0.3) is 5.91 Å². The second-order valence-electron chi connectivity index (χ2n) is 5.62. The van der Waals surface area contributed by atoms with E-state index >= 15 is 0 Å². The van der Waals surface area contributed by atoms with E-state index in [0.29, 0.717) is 25.1 Å². The SMILES string of the molecule is CC(C)Oc1ccc(C(=O)N2CCC[C@@H](C(=O)O)C2)cc1. The standard InChI is InChI=1S/C16H21NO4/c1-11(2)21-14-7-5-12(6-8-14)15(18)17-9-3-4-13(10-17)16(19)20/h5-8,11,13H,3-4,9-10H2,1-2H3,(H,19,20)/t13-/m1/s1. The molecule has 0 unspecified atom stereocenters. The fourth-order valence-electron chi connectivity index (χ4n) is 2.49. The van der Waals surface area contributed by atoms with Gasteiger partial charge in [0.15, 0.2) is 0 Å². The minimum absolute atomic E-state index is 0.0879. The number of hydrogen-bond acceptors (Lipinski definition) is 3. The average molecular weight is 291 g/mol. The molecule has 5 heteroatoms. The van der Waals surface area contributed by atoms with Gasteiger partial charge in [-0.15, -0.1) is 0 Å². The number of piperidine rings is 1. The number of amides is 1. The Labute approximate surface area is 124 Å². The van der Waals surface area contributed by atoms with Gasteiger partial charge in [-0.05, 0) is 51.0 Å². The van der Waals surface area contributed by atoms with Gasteiger partial charge in [0.2, 0.25) is 0 Å². The Kier molecular flexibility index (Phi) is 4.83. The number of aliphatic carboxylic acids is 1. The predicted molar refractivity (Wildman–Crippen MR) is 78.5 cm³/mol. The van der Waals surface area contributed by atoms with E-state index in [1.165, 1.54) is 0 Å². The summed E-state index contributed by atoms with van der Waals surface area (Å²) in [5, 5.41) is 9.07. The molecule has 114 valence electrons. The first-order valence-corrected chi connectivity index (χ1v) is 7.26. The van der Waals surface area contributed by atoms with Gasteiger partial charge < -0.3 is 14.7 Å². The van der Waals surface area contributed by atoms with E-state index < -0.39 is 11.9 Å². The molecule has 1 aromatic rings. The Bertz CT molecular complexity index is 510. The maximum Gasteiger partial charge on any atom is 0.308 e. The van der Waals surface area contributed by atoms with Crippen LogP contribution in [0.3, 0.4) is 0 Å². The van der Waals surface area contributed by atoms with Crippen LogP contribution in [-0.2, 0) is 4.79 Å². The maximum atomic E-state index is 12.4. The average Bonchev–Trinajstić information content (AvgIpc) is 2.47. The van der Waals surface area contributed by atoms with Crippen LogP contribution in [-0.4, -0.2) is 41.1 Å². The number of carboxylic acids is 1. The van der Waals surface area contributed by atoms with Crippen molar-refractivity contribution in [2.75, 3.05) is 13.1 Å². The summed E-state index contributed by atoms with van der Waals surface area (Å²) < 4.78 is 5.54. The van der Waals surface area contributed by atoms with Crippen molar-refractivity contribution >= 4 is 11.9 Å². The van der Waals surface area contributed by atoms with Crippen LogP contribution in [0.4, 0.5) is 0 Å². The van der Waals surface area contributed by atoms with Gasteiger partial charge in [0.1, 0.15) is 5.75 Å². The summed E-state index contributed by atoms with van der Waals surface area (Å²) in [5.41, 5.74) is 0.567. The van der Waals surface area contributed by atoms with Gasteiger partial charge >= 0.3 is 5.97 Å². The molecule has 1 aliphatic rings. The molecule has 1 N–H and O–H groups in total. The minimum Gasteiger partial charge on any atom is -0.491 e. The van der Waals surface area contributed by atoms with Crippen LogP contribution < -0.4 is 4.74 Å². The van der Waals surface area contributed by atoms with Gasteiger partial charge in [0.05, 0.1) is 12.0 Å². The molecule has 1 saturated heterocycles. The Morgan fingerprint density at radius 1 is 1.29 bits per heavy atom. The summed E-state index contributed by atoms with van der Waals surface area (Å²) in [6, 6.07) is 6.99. The Hall–Kier alpha value is -2.04. The van der Waals surface area contributed by atoms with Crippen LogP contribution in [0.1, 0.15) is 37.0 Å². The lowest BCUT2D eigenvalue weighted by Crippen LogP contribution is -2.42. The third-order valence-corrected chi connectivity index (χ3v) is 3.53. The van der Waals surface area contributed by atoms with Crippen molar-refractivity contribution in [3.05, 3.63) is 29.8 Å². The molecule has 1 atom stereocenters. The minimum atomic E-state index is -0.826. The third kappa shape index (κ3) is 3.97. The highest BCUT2D eigenvalue weighted by Crippen LogP contribution is 2.20. The molecule has 0 saturated carbocycles. The van der Waals surface area contributed by atoms with Gasteiger partial charge in [-0.25, -0.2) is 0 Å². The number of carbonyl (C=O) groups excluding carboxylic acids is 1. The number of hydrogen-bond donors (Lipinski definition) is 1. The molecule has 0 spiro atoms. The topological polar surface area (TPSA) is 66.8 Å². The summed E-state index contributed by atoms with van der Waals surface area (Å²) >= 11 is 0. The highest BCUT2D eigenvalue weighted by Gasteiger charge is 2.28. The van der Waals surface area contributed by atoms with Crippen LogP contribution in [0.5, 0.6) is 5.75 Å². The quantitative estimate of drug-likeness (QED) is 0.925. The van der Waals surface area contributed by atoms with Gasteiger partial charge in [0, 0.05) is 18.7 Å². The molecular formula is C16H21NO4. The molecule has 0 bridgehead atoms. The van der Waals surface area contributed by atoms with E-state index in [2.05, 4.69) is 0 Å². The van der Waals surface area contributed by atoms with E-state index in [4.69, 9.17) is 9.84 Å². The van der Waals surface area contributed by atoms with E-state index in [1.54, 1.807) is 29.2 Å². The highest BCUT2D eigenvalue weighted by molar-refractivity contribution is 5.94. The molecule has 0 aliphatic carbocycles. The number of carboxylic acid groups (broad SMARTS) is 1. The third-order valence-electron chi connectivity index (χ3n) is 3.53. The van der Waals surface area contributed by atoms with Gasteiger partial charge in [-0.1, -0.05) is 0 Å². The second kappa shape index (κ2) is 6.61. The maximum absolute atomic E-state index is 12.4. The van der Waals surface area contributed by atoms with Crippen molar-refractivity contribution in [3.63, 3.8) is 0 Å². The number of carbonyl (C=O) groups is 2. The highest BCUT2D eigenvalue weighted by atomic mass is 16.5. The molecule has 1 heterocycles. The number of benzene rings is 1. The molecule has 5 nitrogen and oxygen atoms in total. The van der Waals surface area contributed by atoms with Crippen molar-refractivity contribution in [2.24, 2.45) is 5.92 Å². The number of nitrogens with zero attached hydrogens (tertiary/aromatic N) is 1. The summed E-state index contributed by atoms with van der Waals surface area (Å²) in [4.78, 5) is 25.1. The van der Waals surface area contributed by atoms with E-state index in [0.717, 1.165) is 12.2 Å². The van der Waals surface area contributed by atoms with Crippen molar-refractivity contribution in [1.82, 2.24) is 4.90 Å². The summed E-state index contributed by atoms with van der Waals surface area (Å²) in [6.07, 6.45) is 1.46. The lowest BCUT2D eigenvalue weighted by Gasteiger charge is -2.30. The fourth-order valence-corrected chi connectivity index (χ4v) is 2.49. The lowest BCUT2D eigenvalue weighted by atomic mass is 9.97. The summed E-state index contributed by atoms with van der Waals surface area (Å²) in [6.45, 7) is 4.79. The van der Waals surface area contributed by atoms with E-state index in [9.17, 15) is 9.59 Å². The van der Waals surface area contributed by atoms with Crippen LogP contribution in [0.15, 0.2) is 24.3 Å². The Morgan fingerprint density at radius 2 is 1.95 bits per heavy atom. The molecule has 1 fully saturated rings. The first-order chi connectivity index (χ1) is 9.97. The molecule has 1 aromatic carbocycles. The van der Waals surface area contributed by atoms with Crippen molar-refractivity contribution in [2.45, 2.75) is 32.8 Å². The normalized spacial score (nSPS) is 18.6. The molecular weight excluding hydrogens is 270 g/mol. The zero-order valence-corrected chi connectivity index (χ0v) is 12.4. The van der Waals surface area contributed by atoms with Crippen molar-refractivity contribution < 1.29 is 19.4 Å². The molecule has 21 heavy (non-hydrogen) atoms. The van der Waals surface area contributed by atoms with E-state index in [1.807, 2.05) is 13.8 Å². The van der Waals surface area contributed by atoms with Crippen molar-refractivity contribution in [3.8, 4) is 5.75 Å². The van der Waals surface area contributed by atoms with Crippen LogP contribution in [0.2, 0.25) is 0 Å². The molecule has 0 aromatic heterocycles. The zero-order valence-electron chi connectivity index (χ0n) is 12.4. The summed E-state index contributed by atoms with van der Waals surface area (Å²) in [5.74, 6) is -0.667. The van der Waals surface area contributed by atoms with Crippen molar-refractivity contribution in [1.29, 1.82) is 0 Å². The molecule has 1 amide bonds. The predicted octanol–water partition coefficient (Wildman–Crippen LogP) is 2.41. The van der Waals surface area contributed by atoms with E-state index in [-0.39, 0.29) is 12.0 Å². The van der Waals surface area contributed by atoms with Gasteiger partial charge in [-0.3, -0.25) is 9.59 Å². The molecule has 0 radical (unpaired) electrons. The first kappa shape index (κ1) is 15.4. The number of likely N-dealkylation sites (tertiary alicyclic amines) is 1. The van der Waals surface area contributed by atoms with Crippen LogP contribution in [0, 0.1) is 5.92 Å². The Balaban J connectivity index is 2.03. The second-order valence-corrected chi connectivity index (χ2v) is 5.62. The van der Waals surface area contributed by atoms with Crippen LogP contribution >= 0.6 is 0 Å².